The lowest BCUT2D eigenvalue weighted by Crippen LogP contribution is -2.23. The van der Waals surface area contributed by atoms with Gasteiger partial charge in [0.05, 0.1) is 0 Å². The zero-order chi connectivity index (χ0) is 16.9. The molecule has 0 unspecified atom stereocenters. The Hall–Kier alpha value is -2.08. The van der Waals surface area contributed by atoms with Crippen LogP contribution in [0.2, 0.25) is 0 Å². The molecule has 3 N–H and O–H groups in total. The highest BCUT2D eigenvalue weighted by molar-refractivity contribution is 9.10. The first-order valence-corrected chi connectivity index (χ1v) is 8.93. The predicted molar refractivity (Wildman–Crippen MR) is 96.7 cm³/mol. The fourth-order valence-corrected chi connectivity index (χ4v) is 3.31. The summed E-state index contributed by atoms with van der Waals surface area (Å²) in [5.41, 5.74) is 2.23. The number of amides is 2. The van der Waals surface area contributed by atoms with Crippen molar-refractivity contribution in [3.05, 3.63) is 52.3 Å². The van der Waals surface area contributed by atoms with E-state index in [0.29, 0.717) is 12.2 Å². The lowest BCUT2D eigenvalue weighted by molar-refractivity contribution is -0.119. The van der Waals surface area contributed by atoms with Gasteiger partial charge in [0.15, 0.2) is 0 Å². The second kappa shape index (κ2) is 7.66. The van der Waals surface area contributed by atoms with Crippen molar-refractivity contribution in [2.75, 3.05) is 5.32 Å². The van der Waals surface area contributed by atoms with Crippen LogP contribution in [0.1, 0.15) is 41.7 Å². The lowest BCUT2D eigenvalue weighted by Gasteiger charge is -2.11. The highest BCUT2D eigenvalue weighted by Gasteiger charge is 2.22. The standard InChI is InChI=1S/C18H20BrN3O2/c19-14-9-16(20-11-14)18(24)21-10-12-4-3-7-15(8-12)22-17(23)13-5-1-2-6-13/h3-4,7-9,11,13,20H,1-2,5-6,10H2,(H,21,24)(H,22,23). The summed E-state index contributed by atoms with van der Waals surface area (Å²) in [6.45, 7) is 0.405. The quantitative estimate of drug-likeness (QED) is 0.726. The molecule has 126 valence electrons. The maximum absolute atomic E-state index is 12.2. The van der Waals surface area contributed by atoms with Gasteiger partial charge in [0.2, 0.25) is 5.91 Å². The van der Waals surface area contributed by atoms with Gasteiger partial charge >= 0.3 is 0 Å². The Bertz CT molecular complexity index is 735. The van der Waals surface area contributed by atoms with Gasteiger partial charge in [-0.2, -0.15) is 0 Å². The van der Waals surface area contributed by atoms with Crippen molar-refractivity contribution in [3.63, 3.8) is 0 Å². The highest BCUT2D eigenvalue weighted by Crippen LogP contribution is 2.26. The smallest absolute Gasteiger partial charge is 0.267 e. The van der Waals surface area contributed by atoms with Crippen LogP contribution in [0.5, 0.6) is 0 Å². The number of nitrogens with one attached hydrogen (secondary N) is 3. The molecule has 0 saturated heterocycles. The van der Waals surface area contributed by atoms with Crippen LogP contribution >= 0.6 is 15.9 Å². The number of anilines is 1. The summed E-state index contributed by atoms with van der Waals surface area (Å²) in [4.78, 5) is 27.1. The molecular weight excluding hydrogens is 370 g/mol. The van der Waals surface area contributed by atoms with Gasteiger partial charge in [-0.1, -0.05) is 25.0 Å². The molecule has 0 spiro atoms. The van der Waals surface area contributed by atoms with Crippen LogP contribution in [0.15, 0.2) is 41.0 Å². The van der Waals surface area contributed by atoms with Gasteiger partial charge in [-0.15, -0.1) is 0 Å². The molecule has 1 fully saturated rings. The second-order valence-electron chi connectivity index (χ2n) is 6.09. The number of hydrogen-bond acceptors (Lipinski definition) is 2. The Morgan fingerprint density at radius 2 is 2.00 bits per heavy atom. The number of aromatic amines is 1. The van der Waals surface area contributed by atoms with Crippen molar-refractivity contribution in [3.8, 4) is 0 Å². The molecule has 1 saturated carbocycles. The molecule has 2 aromatic rings. The second-order valence-corrected chi connectivity index (χ2v) is 7.00. The summed E-state index contributed by atoms with van der Waals surface area (Å²) in [5, 5.41) is 5.84. The molecule has 0 aliphatic heterocycles. The number of hydrogen-bond donors (Lipinski definition) is 3. The van der Waals surface area contributed by atoms with Crippen LogP contribution in [-0.2, 0) is 11.3 Å². The molecule has 5 nitrogen and oxygen atoms in total. The van der Waals surface area contributed by atoms with E-state index in [0.717, 1.165) is 41.4 Å². The van der Waals surface area contributed by atoms with Gasteiger partial charge in [0.1, 0.15) is 5.69 Å². The van der Waals surface area contributed by atoms with Crippen molar-refractivity contribution in [2.24, 2.45) is 5.92 Å². The molecule has 6 heteroatoms. The van der Waals surface area contributed by atoms with Gasteiger partial charge in [-0.05, 0) is 52.5 Å². The molecule has 1 aromatic heterocycles. The maximum Gasteiger partial charge on any atom is 0.267 e. The van der Waals surface area contributed by atoms with E-state index in [1.807, 2.05) is 24.3 Å². The van der Waals surface area contributed by atoms with Crippen LogP contribution < -0.4 is 10.6 Å². The minimum atomic E-state index is -0.166. The van der Waals surface area contributed by atoms with E-state index < -0.39 is 0 Å². The minimum Gasteiger partial charge on any atom is -0.356 e. The minimum absolute atomic E-state index is 0.102. The topological polar surface area (TPSA) is 74.0 Å². The summed E-state index contributed by atoms with van der Waals surface area (Å²) < 4.78 is 0.837. The molecule has 3 rings (SSSR count). The van der Waals surface area contributed by atoms with Gasteiger partial charge < -0.3 is 15.6 Å². The average molecular weight is 390 g/mol. The van der Waals surface area contributed by atoms with Gasteiger partial charge in [-0.3, -0.25) is 9.59 Å². The van der Waals surface area contributed by atoms with Crippen LogP contribution in [0.3, 0.4) is 0 Å². The molecule has 1 aliphatic rings. The van der Waals surface area contributed by atoms with Crippen LogP contribution in [0, 0.1) is 5.92 Å². The first kappa shape index (κ1) is 16.8. The summed E-state index contributed by atoms with van der Waals surface area (Å²) in [6.07, 6.45) is 5.95. The zero-order valence-electron chi connectivity index (χ0n) is 13.3. The van der Waals surface area contributed by atoms with Crippen molar-refractivity contribution in [2.45, 2.75) is 32.2 Å². The molecule has 0 atom stereocenters. The van der Waals surface area contributed by atoms with Crippen LogP contribution in [0.4, 0.5) is 5.69 Å². The highest BCUT2D eigenvalue weighted by atomic mass is 79.9. The Morgan fingerprint density at radius 1 is 1.21 bits per heavy atom. The Balaban J connectivity index is 1.56. The molecule has 1 aromatic carbocycles. The monoisotopic (exact) mass is 389 g/mol. The van der Waals surface area contributed by atoms with E-state index in [1.165, 1.54) is 0 Å². The fraction of sp³-hybridized carbons (Fsp3) is 0.333. The Kier molecular flexibility index (Phi) is 5.35. The molecule has 1 heterocycles. The first-order chi connectivity index (χ1) is 11.6. The normalized spacial score (nSPS) is 14.5. The SMILES string of the molecule is O=C(NCc1cccc(NC(=O)C2CCCC2)c1)c1cc(Br)c[nH]1. The van der Waals surface area contributed by atoms with Crippen molar-refractivity contribution >= 4 is 33.4 Å². The molecule has 2 amide bonds. The largest absolute Gasteiger partial charge is 0.356 e. The van der Waals surface area contributed by atoms with E-state index in [9.17, 15) is 9.59 Å². The number of H-pyrrole nitrogens is 1. The van der Waals surface area contributed by atoms with Gasteiger partial charge in [-0.25, -0.2) is 0 Å². The van der Waals surface area contributed by atoms with Crippen LogP contribution in [-0.4, -0.2) is 16.8 Å². The third-order valence-electron chi connectivity index (χ3n) is 4.27. The summed E-state index contributed by atoms with van der Waals surface area (Å²) in [6, 6.07) is 9.32. The molecule has 0 bridgehead atoms. The zero-order valence-corrected chi connectivity index (χ0v) is 14.9. The summed E-state index contributed by atoms with van der Waals surface area (Å²) in [7, 11) is 0. The third-order valence-corrected chi connectivity index (χ3v) is 4.72. The van der Waals surface area contributed by atoms with E-state index in [-0.39, 0.29) is 17.7 Å². The maximum atomic E-state index is 12.2. The number of benzene rings is 1. The van der Waals surface area contributed by atoms with Crippen molar-refractivity contribution < 1.29 is 9.59 Å². The lowest BCUT2D eigenvalue weighted by atomic mass is 10.1. The van der Waals surface area contributed by atoms with E-state index in [1.54, 1.807) is 12.3 Å². The number of halogens is 1. The fourth-order valence-electron chi connectivity index (χ4n) is 2.97. The van der Waals surface area contributed by atoms with Gasteiger partial charge in [0.25, 0.3) is 5.91 Å². The van der Waals surface area contributed by atoms with E-state index in [4.69, 9.17) is 0 Å². The molecule has 1 aliphatic carbocycles. The molecular formula is C18H20BrN3O2. The van der Waals surface area contributed by atoms with Crippen molar-refractivity contribution in [1.82, 2.24) is 10.3 Å². The predicted octanol–water partition coefficient (Wildman–Crippen LogP) is 3.84. The molecule has 0 radical (unpaired) electrons. The Morgan fingerprint density at radius 3 is 2.71 bits per heavy atom. The molecule has 24 heavy (non-hydrogen) atoms. The van der Waals surface area contributed by atoms with Crippen molar-refractivity contribution in [1.29, 1.82) is 0 Å². The Labute approximate surface area is 149 Å². The number of carbonyl (C=O) groups is 2. The average Bonchev–Trinajstić information content (AvgIpc) is 3.24. The first-order valence-electron chi connectivity index (χ1n) is 8.14. The van der Waals surface area contributed by atoms with E-state index in [2.05, 4.69) is 31.5 Å². The number of aromatic nitrogens is 1. The summed E-state index contributed by atoms with van der Waals surface area (Å²) in [5.74, 6) is 0.0747. The van der Waals surface area contributed by atoms with Crippen LogP contribution in [0.25, 0.3) is 0 Å². The van der Waals surface area contributed by atoms with Gasteiger partial charge in [0, 0.05) is 28.8 Å². The third kappa shape index (κ3) is 4.26. The van der Waals surface area contributed by atoms with E-state index >= 15 is 0 Å². The number of rotatable bonds is 5. The number of carbonyl (C=O) groups excluding carboxylic acids is 2. The summed E-state index contributed by atoms with van der Waals surface area (Å²) >= 11 is 3.31.